The van der Waals surface area contributed by atoms with Gasteiger partial charge in [0, 0.05) is 11.1 Å². The lowest BCUT2D eigenvalue weighted by Crippen LogP contribution is -2.05. The largest absolute Gasteiger partial charge is 0.496 e. The monoisotopic (exact) mass is 370 g/mol. The van der Waals surface area contributed by atoms with Crippen LogP contribution in [0, 0.1) is 0 Å². The molecule has 0 saturated carbocycles. The third-order valence-corrected chi connectivity index (χ3v) is 4.33. The first-order valence-corrected chi connectivity index (χ1v) is 8.32. The van der Waals surface area contributed by atoms with Crippen LogP contribution in [0.2, 0.25) is 0 Å². The van der Waals surface area contributed by atoms with Gasteiger partial charge in [0.05, 0.1) is 34.7 Å². The van der Waals surface area contributed by atoms with Gasteiger partial charge in [-0.3, -0.25) is 0 Å². The summed E-state index contributed by atoms with van der Waals surface area (Å²) < 4.78 is 27.0. The Balaban J connectivity index is 2.09. The lowest BCUT2D eigenvalue weighted by atomic mass is 9.97. The Morgan fingerprint density at radius 2 is 1.48 bits per heavy atom. The van der Waals surface area contributed by atoms with Gasteiger partial charge in [0.15, 0.2) is 11.5 Å². The number of rotatable bonds is 7. The highest BCUT2D eigenvalue weighted by Gasteiger charge is 2.22. The first-order valence-electron chi connectivity index (χ1n) is 8.32. The number of ether oxygens (including phenoxy) is 4. The second-order valence-corrected chi connectivity index (χ2v) is 5.80. The fraction of sp³-hybridized carbons (Fsp3) is 0.238. The van der Waals surface area contributed by atoms with Crippen LogP contribution in [0.5, 0.6) is 23.0 Å². The highest BCUT2D eigenvalue weighted by Crippen LogP contribution is 2.42. The van der Waals surface area contributed by atoms with E-state index in [2.05, 4.69) is 0 Å². The van der Waals surface area contributed by atoms with Gasteiger partial charge in [-0.2, -0.15) is 0 Å². The lowest BCUT2D eigenvalue weighted by Gasteiger charge is -2.19. The van der Waals surface area contributed by atoms with E-state index in [0.29, 0.717) is 39.9 Å². The molecule has 27 heavy (non-hydrogen) atoms. The van der Waals surface area contributed by atoms with Crippen LogP contribution in [0.15, 0.2) is 53.1 Å². The number of methoxy groups -OCH3 is 4. The summed E-state index contributed by atoms with van der Waals surface area (Å²) in [7, 11) is 6.16. The maximum absolute atomic E-state index is 11.1. The van der Waals surface area contributed by atoms with Crippen molar-refractivity contribution in [2.45, 2.75) is 6.10 Å². The normalized spacial score (nSPS) is 11.7. The van der Waals surface area contributed by atoms with Crippen molar-refractivity contribution in [2.75, 3.05) is 28.4 Å². The van der Waals surface area contributed by atoms with Crippen molar-refractivity contribution in [1.82, 2.24) is 0 Å². The molecule has 2 aromatic carbocycles. The van der Waals surface area contributed by atoms with Crippen molar-refractivity contribution < 1.29 is 28.5 Å². The minimum atomic E-state index is -0.969. The van der Waals surface area contributed by atoms with Crippen LogP contribution < -0.4 is 18.9 Å². The number of aliphatic hydroxyl groups excluding tert-OH is 1. The fourth-order valence-electron chi connectivity index (χ4n) is 2.98. The van der Waals surface area contributed by atoms with E-state index in [4.69, 9.17) is 23.4 Å². The van der Waals surface area contributed by atoms with Crippen molar-refractivity contribution in [3.05, 3.63) is 59.9 Å². The van der Waals surface area contributed by atoms with Crippen LogP contribution in [-0.2, 0) is 0 Å². The van der Waals surface area contributed by atoms with Crippen molar-refractivity contribution in [3.63, 3.8) is 0 Å². The summed E-state index contributed by atoms with van der Waals surface area (Å²) in [6.07, 6.45) is 0.637. The molecule has 6 heteroatoms. The number of hydrogen-bond acceptors (Lipinski definition) is 6. The summed E-state index contributed by atoms with van der Waals surface area (Å²) in [5.41, 5.74) is 2.02. The summed E-state index contributed by atoms with van der Waals surface area (Å²) >= 11 is 0. The van der Waals surface area contributed by atoms with Crippen LogP contribution in [0.3, 0.4) is 0 Å². The Hall–Kier alpha value is -3.12. The zero-order valence-electron chi connectivity index (χ0n) is 15.7. The summed E-state index contributed by atoms with van der Waals surface area (Å²) in [6.45, 7) is 0. The van der Waals surface area contributed by atoms with Gasteiger partial charge >= 0.3 is 0 Å². The van der Waals surface area contributed by atoms with E-state index in [1.807, 2.05) is 24.3 Å². The van der Waals surface area contributed by atoms with Crippen molar-refractivity contribution in [3.8, 4) is 34.3 Å². The van der Waals surface area contributed by atoms with Crippen LogP contribution in [0.1, 0.15) is 17.2 Å². The van der Waals surface area contributed by atoms with E-state index in [0.717, 1.165) is 5.56 Å². The predicted molar refractivity (Wildman–Crippen MR) is 101 cm³/mol. The van der Waals surface area contributed by atoms with E-state index >= 15 is 0 Å². The van der Waals surface area contributed by atoms with E-state index in [1.165, 1.54) is 21.3 Å². The Bertz CT molecular complexity index is 876. The number of benzene rings is 2. The van der Waals surface area contributed by atoms with Crippen LogP contribution in [0.4, 0.5) is 0 Å². The summed E-state index contributed by atoms with van der Waals surface area (Å²) in [5.74, 6) is 2.66. The molecule has 1 N–H and O–H groups in total. The molecule has 1 atom stereocenters. The van der Waals surface area contributed by atoms with Gasteiger partial charge in [-0.1, -0.05) is 0 Å². The van der Waals surface area contributed by atoms with E-state index < -0.39 is 6.10 Å². The second-order valence-electron chi connectivity index (χ2n) is 5.80. The van der Waals surface area contributed by atoms with E-state index in [-0.39, 0.29) is 0 Å². The molecule has 0 bridgehead atoms. The first kappa shape index (κ1) is 18.7. The third kappa shape index (κ3) is 3.57. The minimum absolute atomic E-state index is 0.465. The number of aliphatic hydroxyl groups is 1. The molecule has 0 spiro atoms. The first-order chi connectivity index (χ1) is 13.1. The Kier molecular flexibility index (Phi) is 5.57. The molecule has 3 rings (SSSR count). The van der Waals surface area contributed by atoms with Crippen molar-refractivity contribution in [2.24, 2.45) is 0 Å². The molecule has 1 aromatic heterocycles. The van der Waals surface area contributed by atoms with Gasteiger partial charge in [-0.25, -0.2) is 0 Å². The van der Waals surface area contributed by atoms with Gasteiger partial charge in [-0.05, 0) is 48.0 Å². The standard InChI is InChI=1S/C21H22O6/c1-23-17-8-7-13(16-6-5-9-27-16)10-15(17)20(22)14-11-18(24-2)21(26-4)19(12-14)25-3/h5-12,20,22H,1-4H3. The molecule has 0 radical (unpaired) electrons. The van der Waals surface area contributed by atoms with E-state index in [1.54, 1.807) is 31.6 Å². The molecule has 142 valence electrons. The highest BCUT2D eigenvalue weighted by molar-refractivity contribution is 5.62. The quantitative estimate of drug-likeness (QED) is 0.676. The smallest absolute Gasteiger partial charge is 0.203 e. The topological polar surface area (TPSA) is 70.3 Å². The molecule has 0 aliphatic heterocycles. The molecular weight excluding hydrogens is 348 g/mol. The minimum Gasteiger partial charge on any atom is -0.496 e. The molecule has 1 heterocycles. The van der Waals surface area contributed by atoms with Crippen molar-refractivity contribution in [1.29, 1.82) is 0 Å². The second kappa shape index (κ2) is 8.05. The molecule has 0 aliphatic carbocycles. The Labute approximate surface area is 157 Å². The SMILES string of the molecule is COc1ccc(-c2ccco2)cc1C(O)c1cc(OC)c(OC)c(OC)c1. The van der Waals surface area contributed by atoms with Gasteiger partial charge < -0.3 is 28.5 Å². The lowest BCUT2D eigenvalue weighted by molar-refractivity contribution is 0.213. The maximum Gasteiger partial charge on any atom is 0.203 e. The maximum atomic E-state index is 11.1. The van der Waals surface area contributed by atoms with Crippen LogP contribution >= 0.6 is 0 Å². The average Bonchev–Trinajstić information content (AvgIpc) is 3.26. The molecule has 6 nitrogen and oxygen atoms in total. The van der Waals surface area contributed by atoms with Gasteiger partial charge in [0.25, 0.3) is 0 Å². The van der Waals surface area contributed by atoms with Gasteiger partial charge in [0.2, 0.25) is 5.75 Å². The molecule has 0 fully saturated rings. The van der Waals surface area contributed by atoms with Crippen LogP contribution in [0.25, 0.3) is 11.3 Å². The van der Waals surface area contributed by atoms with Crippen molar-refractivity contribution >= 4 is 0 Å². The van der Waals surface area contributed by atoms with Gasteiger partial charge in [-0.15, -0.1) is 0 Å². The van der Waals surface area contributed by atoms with E-state index in [9.17, 15) is 5.11 Å². The molecule has 0 saturated heterocycles. The third-order valence-electron chi connectivity index (χ3n) is 4.33. The average molecular weight is 370 g/mol. The Morgan fingerprint density at radius 1 is 0.815 bits per heavy atom. The summed E-state index contributed by atoms with van der Waals surface area (Å²) in [4.78, 5) is 0. The Morgan fingerprint density at radius 3 is 2.00 bits per heavy atom. The van der Waals surface area contributed by atoms with Gasteiger partial charge in [0.1, 0.15) is 17.6 Å². The number of furan rings is 1. The zero-order chi connectivity index (χ0) is 19.4. The molecule has 3 aromatic rings. The summed E-state index contributed by atoms with van der Waals surface area (Å²) in [5, 5.41) is 11.1. The number of hydrogen-bond donors (Lipinski definition) is 1. The molecule has 1 unspecified atom stereocenters. The molecule has 0 amide bonds. The zero-order valence-corrected chi connectivity index (χ0v) is 15.7. The summed E-state index contributed by atoms with van der Waals surface area (Å²) in [6, 6.07) is 12.6. The molecule has 0 aliphatic rings. The fourth-order valence-corrected chi connectivity index (χ4v) is 2.98. The van der Waals surface area contributed by atoms with Crippen LogP contribution in [-0.4, -0.2) is 33.5 Å². The highest BCUT2D eigenvalue weighted by atomic mass is 16.5. The molecular formula is C21H22O6. The predicted octanol–water partition coefficient (Wildman–Crippen LogP) is 4.06.